The molecule has 8 heteroatoms. The summed E-state index contributed by atoms with van der Waals surface area (Å²) in [6.07, 6.45) is 6.15. The number of nitrogens with zero attached hydrogens (tertiary/aromatic N) is 3. The number of aromatic nitrogens is 2. The molecule has 0 aliphatic heterocycles. The lowest BCUT2D eigenvalue weighted by molar-refractivity contribution is -0.116. The van der Waals surface area contributed by atoms with Crippen LogP contribution in [0.25, 0.3) is 11.3 Å². The average molecular weight is 483 g/mol. The summed E-state index contributed by atoms with van der Waals surface area (Å²) in [5, 5.41) is 3.82. The van der Waals surface area contributed by atoms with Crippen molar-refractivity contribution in [1.29, 1.82) is 0 Å². The maximum absolute atomic E-state index is 12.4. The largest absolute Gasteiger partial charge is 0.352 e. The number of halogens is 2. The van der Waals surface area contributed by atoms with Crippen molar-refractivity contribution in [2.45, 2.75) is 26.2 Å². The van der Waals surface area contributed by atoms with Crippen molar-refractivity contribution in [2.24, 2.45) is 5.92 Å². The van der Waals surface area contributed by atoms with E-state index in [0.29, 0.717) is 52.5 Å². The highest BCUT2D eigenvalue weighted by Crippen LogP contribution is 2.35. The highest BCUT2D eigenvalue weighted by Gasteiger charge is 2.27. The maximum atomic E-state index is 12.4. The first-order valence-electron chi connectivity index (χ1n) is 10.8. The lowest BCUT2D eigenvalue weighted by Crippen LogP contribution is -2.30. The number of nitrogens with one attached hydrogen (secondary N) is 1. The Kier molecular flexibility index (Phi) is 7.26. The van der Waals surface area contributed by atoms with E-state index in [9.17, 15) is 9.59 Å². The third kappa shape index (κ3) is 6.09. The molecule has 33 heavy (non-hydrogen) atoms. The molecule has 0 bridgehead atoms. The van der Waals surface area contributed by atoms with Gasteiger partial charge in [-0.25, -0.2) is 4.98 Å². The molecule has 2 amide bonds. The standard InChI is InChI=1S/C25H24Cl2N4O2/c1-16(32)31(15-18-2-3-18)23-7-5-19(13-21(23)26)22-6-4-20(14-30-22)25(33)29-11-9-17-8-10-28-24(27)12-17/h4-8,10,12-14,18H,2-3,9,11,15H2,1H3,(H,29,33). The van der Waals surface area contributed by atoms with E-state index >= 15 is 0 Å². The van der Waals surface area contributed by atoms with Gasteiger partial charge in [-0.1, -0.05) is 29.3 Å². The molecule has 0 unspecified atom stereocenters. The van der Waals surface area contributed by atoms with Gasteiger partial charge in [0.25, 0.3) is 5.91 Å². The van der Waals surface area contributed by atoms with Gasteiger partial charge in [-0.05, 0) is 67.1 Å². The lowest BCUT2D eigenvalue weighted by atomic mass is 10.1. The third-order valence-electron chi connectivity index (χ3n) is 5.57. The summed E-state index contributed by atoms with van der Waals surface area (Å²) in [7, 11) is 0. The zero-order chi connectivity index (χ0) is 23.4. The molecule has 1 N–H and O–H groups in total. The van der Waals surface area contributed by atoms with E-state index in [2.05, 4.69) is 15.3 Å². The van der Waals surface area contributed by atoms with Crippen LogP contribution in [0.1, 0.15) is 35.7 Å². The van der Waals surface area contributed by atoms with Crippen LogP contribution in [0, 0.1) is 5.92 Å². The molecule has 1 aliphatic rings. The molecule has 0 radical (unpaired) electrons. The minimum absolute atomic E-state index is 0.0166. The van der Waals surface area contributed by atoms with Crippen molar-refractivity contribution in [3.8, 4) is 11.3 Å². The van der Waals surface area contributed by atoms with Crippen molar-refractivity contribution < 1.29 is 9.59 Å². The van der Waals surface area contributed by atoms with Crippen LogP contribution in [-0.4, -0.2) is 34.9 Å². The Labute approximate surface area is 203 Å². The molecular weight excluding hydrogens is 459 g/mol. The van der Waals surface area contributed by atoms with Crippen LogP contribution in [0.5, 0.6) is 0 Å². The van der Waals surface area contributed by atoms with Crippen LogP contribution in [-0.2, 0) is 11.2 Å². The van der Waals surface area contributed by atoms with Gasteiger partial charge in [0.2, 0.25) is 5.91 Å². The number of anilines is 1. The van der Waals surface area contributed by atoms with Crippen LogP contribution >= 0.6 is 23.2 Å². The second-order valence-corrected chi connectivity index (χ2v) is 8.96. The molecule has 2 heterocycles. The zero-order valence-electron chi connectivity index (χ0n) is 18.2. The summed E-state index contributed by atoms with van der Waals surface area (Å²) < 4.78 is 0. The van der Waals surface area contributed by atoms with Gasteiger partial charge in [0.1, 0.15) is 5.15 Å². The molecule has 1 aromatic carbocycles. The topological polar surface area (TPSA) is 75.2 Å². The van der Waals surface area contributed by atoms with Crippen molar-refractivity contribution in [2.75, 3.05) is 18.0 Å². The number of carbonyl (C=O) groups excluding carboxylic acids is 2. The highest BCUT2D eigenvalue weighted by atomic mass is 35.5. The summed E-state index contributed by atoms with van der Waals surface area (Å²) in [5.74, 6) is 0.351. The first-order valence-corrected chi connectivity index (χ1v) is 11.6. The first-order chi connectivity index (χ1) is 15.9. The van der Waals surface area contributed by atoms with Crippen molar-refractivity contribution >= 4 is 40.7 Å². The van der Waals surface area contributed by atoms with E-state index < -0.39 is 0 Å². The highest BCUT2D eigenvalue weighted by molar-refractivity contribution is 6.34. The summed E-state index contributed by atoms with van der Waals surface area (Å²) in [4.78, 5) is 34.6. The summed E-state index contributed by atoms with van der Waals surface area (Å²) in [5.41, 5.74) is 3.71. The second-order valence-electron chi connectivity index (χ2n) is 8.16. The molecule has 6 nitrogen and oxygen atoms in total. The van der Waals surface area contributed by atoms with Gasteiger partial charge in [0.15, 0.2) is 0 Å². The fourth-order valence-corrected chi connectivity index (χ4v) is 4.04. The average Bonchev–Trinajstić information content (AvgIpc) is 3.62. The Morgan fingerprint density at radius 1 is 1.09 bits per heavy atom. The maximum Gasteiger partial charge on any atom is 0.252 e. The number of hydrogen-bond acceptors (Lipinski definition) is 4. The van der Waals surface area contributed by atoms with Gasteiger partial charge in [-0.3, -0.25) is 14.6 Å². The van der Waals surface area contributed by atoms with Gasteiger partial charge in [-0.2, -0.15) is 0 Å². The number of hydrogen-bond donors (Lipinski definition) is 1. The summed E-state index contributed by atoms with van der Waals surface area (Å²) in [6, 6.07) is 12.7. The molecule has 1 saturated carbocycles. The second kappa shape index (κ2) is 10.3. The third-order valence-corrected chi connectivity index (χ3v) is 6.08. The normalized spacial score (nSPS) is 12.9. The van der Waals surface area contributed by atoms with E-state index in [1.807, 2.05) is 24.3 Å². The molecule has 0 atom stereocenters. The molecule has 2 aromatic heterocycles. The Morgan fingerprint density at radius 2 is 1.91 bits per heavy atom. The smallest absolute Gasteiger partial charge is 0.252 e. The van der Waals surface area contributed by atoms with Crippen LogP contribution < -0.4 is 10.2 Å². The van der Waals surface area contributed by atoms with Gasteiger partial charge < -0.3 is 10.2 Å². The lowest BCUT2D eigenvalue weighted by Gasteiger charge is -2.22. The van der Waals surface area contributed by atoms with Crippen LogP contribution in [0.4, 0.5) is 5.69 Å². The molecule has 170 valence electrons. The number of rotatable bonds is 8. The van der Waals surface area contributed by atoms with E-state index in [4.69, 9.17) is 23.2 Å². The van der Waals surface area contributed by atoms with E-state index in [-0.39, 0.29) is 11.8 Å². The van der Waals surface area contributed by atoms with E-state index in [1.54, 1.807) is 42.4 Å². The predicted octanol–water partition coefficient (Wildman–Crippen LogP) is 5.19. The van der Waals surface area contributed by atoms with Crippen molar-refractivity contribution in [3.05, 3.63) is 76.2 Å². The molecular formula is C25H24Cl2N4O2. The zero-order valence-corrected chi connectivity index (χ0v) is 19.7. The fraction of sp³-hybridized carbons (Fsp3) is 0.280. The van der Waals surface area contributed by atoms with Crippen LogP contribution in [0.2, 0.25) is 10.2 Å². The number of benzene rings is 1. The SMILES string of the molecule is CC(=O)N(CC1CC1)c1ccc(-c2ccc(C(=O)NCCc3ccnc(Cl)c3)cn2)cc1Cl. The minimum atomic E-state index is -0.195. The Morgan fingerprint density at radius 3 is 2.55 bits per heavy atom. The summed E-state index contributed by atoms with van der Waals surface area (Å²) in [6.45, 7) is 2.74. The van der Waals surface area contributed by atoms with Gasteiger partial charge in [0, 0.05) is 38.0 Å². The molecule has 1 aliphatic carbocycles. The molecule has 3 aromatic rings. The van der Waals surface area contributed by atoms with Crippen molar-refractivity contribution in [3.63, 3.8) is 0 Å². The monoisotopic (exact) mass is 482 g/mol. The molecule has 0 saturated heterocycles. The van der Waals surface area contributed by atoms with Gasteiger partial charge in [0.05, 0.1) is 22.0 Å². The van der Waals surface area contributed by atoms with E-state index in [1.165, 1.54) is 0 Å². The number of amides is 2. The summed E-state index contributed by atoms with van der Waals surface area (Å²) >= 11 is 12.4. The van der Waals surface area contributed by atoms with Crippen LogP contribution in [0.15, 0.2) is 54.9 Å². The fourth-order valence-electron chi connectivity index (χ4n) is 3.56. The number of carbonyl (C=O) groups is 2. The van der Waals surface area contributed by atoms with Gasteiger partial charge >= 0.3 is 0 Å². The van der Waals surface area contributed by atoms with Crippen LogP contribution in [0.3, 0.4) is 0 Å². The van der Waals surface area contributed by atoms with Gasteiger partial charge in [-0.15, -0.1) is 0 Å². The molecule has 4 rings (SSSR count). The molecule has 0 spiro atoms. The quantitative estimate of drug-likeness (QED) is 0.448. The van der Waals surface area contributed by atoms with E-state index in [0.717, 1.165) is 24.0 Å². The first kappa shape index (κ1) is 23.2. The van der Waals surface area contributed by atoms with Crippen molar-refractivity contribution in [1.82, 2.24) is 15.3 Å². The Hall–Kier alpha value is -2.96. The minimum Gasteiger partial charge on any atom is -0.352 e. The Balaban J connectivity index is 1.39. The molecule has 1 fully saturated rings. The Bertz CT molecular complexity index is 1160. The number of pyridine rings is 2. The predicted molar refractivity (Wildman–Crippen MR) is 131 cm³/mol.